The molecule has 1 aromatic carbocycles. The summed E-state index contributed by atoms with van der Waals surface area (Å²) < 4.78 is 34.8. The topological polar surface area (TPSA) is 267 Å². The number of hydrogen-bond donors (Lipinski definition) is 5. The molecule has 18 nitrogen and oxygen atoms in total. The molecule has 1 fully saturated rings. The predicted molar refractivity (Wildman–Crippen MR) is 209 cm³/mol. The number of aliphatic imine (C=N–C) groups is 1. The Morgan fingerprint density at radius 1 is 0.914 bits per heavy atom. The Bertz CT molecular complexity index is 1860. The number of H-pyrrole nitrogens is 1. The molecule has 6 N–H and O–H groups in total. The molecular formula is C40H55N7O11. The lowest BCUT2D eigenvalue weighted by molar-refractivity contribution is -0.173. The van der Waals surface area contributed by atoms with Crippen LogP contribution in [0.15, 0.2) is 47.5 Å². The molecule has 6 atom stereocenters. The van der Waals surface area contributed by atoms with Crippen molar-refractivity contribution in [1.82, 2.24) is 15.6 Å². The van der Waals surface area contributed by atoms with E-state index >= 15 is 0 Å². The molecule has 0 radical (unpaired) electrons. The summed E-state index contributed by atoms with van der Waals surface area (Å²) in [6.07, 6.45) is -6.23. The number of aromatic nitrogens is 1. The lowest BCUT2D eigenvalue weighted by Crippen LogP contribution is -2.53. The molecule has 0 spiro atoms. The van der Waals surface area contributed by atoms with Gasteiger partial charge in [-0.05, 0) is 71.1 Å². The number of rotatable bonds is 15. The second-order valence-electron chi connectivity index (χ2n) is 16.3. The molecule has 1 aromatic heterocycles. The third kappa shape index (κ3) is 12.8. The average molecular weight is 810 g/mol. The van der Waals surface area contributed by atoms with Crippen molar-refractivity contribution >= 4 is 42.3 Å². The Labute approximate surface area is 338 Å². The van der Waals surface area contributed by atoms with E-state index in [1.807, 2.05) is 0 Å². The summed E-state index contributed by atoms with van der Waals surface area (Å²) in [4.78, 5) is 73.8. The van der Waals surface area contributed by atoms with Crippen LogP contribution in [0, 0.1) is 28.6 Å². The first kappa shape index (κ1) is 46.4. The molecule has 1 aliphatic heterocycles. The highest BCUT2D eigenvalue weighted by Gasteiger charge is 2.63. The number of aromatic amines is 1. The standard InChI is InChI=1S/C40H55N7O11/c1-22(2)29(46-36(51)57-38(5,6)7)34(49)54-31-26(19-53-28(48)18-24-14-12-11-13-15-24)56-40(20-41,27-17-16-25(45-27)33(43)44-21-42)32(31)55-35(50)30(23(3)4)47-37(52)58-39(8,9)10/h11-17,21-23,26,29-32,45H,18-19H2,1-10H3,(H,46,51)(H,47,52)(H3,42,43,44)/t26-,29+,30+,31-,32-,40+/m1/s1. The van der Waals surface area contributed by atoms with E-state index in [0.29, 0.717) is 11.9 Å². The van der Waals surface area contributed by atoms with Gasteiger partial charge in [0.2, 0.25) is 5.60 Å². The number of amides is 2. The van der Waals surface area contributed by atoms with Crippen LogP contribution in [0.2, 0.25) is 0 Å². The van der Waals surface area contributed by atoms with Crippen LogP contribution in [-0.4, -0.2) is 95.5 Å². The fourth-order valence-electron chi connectivity index (χ4n) is 5.74. The minimum absolute atomic E-state index is 0.0430. The van der Waals surface area contributed by atoms with Gasteiger partial charge in [0.1, 0.15) is 54.2 Å². The van der Waals surface area contributed by atoms with Crippen molar-refractivity contribution in [3.8, 4) is 6.07 Å². The van der Waals surface area contributed by atoms with Crippen molar-refractivity contribution in [1.29, 1.82) is 10.7 Å². The van der Waals surface area contributed by atoms with Gasteiger partial charge in [0, 0.05) is 0 Å². The van der Waals surface area contributed by atoms with E-state index in [9.17, 15) is 29.2 Å². The lowest BCUT2D eigenvalue weighted by Gasteiger charge is -2.32. The summed E-state index contributed by atoms with van der Waals surface area (Å²) in [7, 11) is 0. The van der Waals surface area contributed by atoms with Gasteiger partial charge < -0.3 is 49.8 Å². The van der Waals surface area contributed by atoms with Crippen LogP contribution in [0.1, 0.15) is 86.2 Å². The Balaban J connectivity index is 2.17. The number of hydrogen-bond acceptors (Lipinski definition) is 13. The molecule has 0 bridgehead atoms. The van der Waals surface area contributed by atoms with Crippen molar-refractivity contribution in [3.63, 3.8) is 0 Å². The number of nitrogens with one attached hydrogen (secondary N) is 4. The summed E-state index contributed by atoms with van der Waals surface area (Å²) in [5.41, 5.74) is 2.64. The zero-order chi connectivity index (χ0) is 43.6. The Hall–Kier alpha value is -5.96. The molecular weight excluding hydrogens is 754 g/mol. The van der Waals surface area contributed by atoms with Crippen molar-refractivity contribution in [2.24, 2.45) is 22.6 Å². The number of alkyl carbamates (subject to hydrolysis) is 2. The third-order valence-corrected chi connectivity index (χ3v) is 8.42. The molecule has 3 rings (SSSR count). The fourth-order valence-corrected chi connectivity index (χ4v) is 5.74. The summed E-state index contributed by atoms with van der Waals surface area (Å²) in [6.45, 7) is 15.8. The van der Waals surface area contributed by atoms with Gasteiger partial charge in [-0.3, -0.25) is 10.2 Å². The largest absolute Gasteiger partial charge is 0.463 e. The first-order valence-electron chi connectivity index (χ1n) is 18.7. The van der Waals surface area contributed by atoms with Crippen LogP contribution < -0.4 is 16.4 Å². The highest BCUT2D eigenvalue weighted by molar-refractivity contribution is 5.99. The molecule has 18 heteroatoms. The maximum atomic E-state index is 14.2. The summed E-state index contributed by atoms with van der Waals surface area (Å²) >= 11 is 0. The Morgan fingerprint density at radius 2 is 1.45 bits per heavy atom. The molecule has 0 aliphatic carbocycles. The van der Waals surface area contributed by atoms with E-state index in [1.54, 1.807) is 99.6 Å². The lowest BCUT2D eigenvalue weighted by atomic mass is 9.91. The van der Waals surface area contributed by atoms with Gasteiger partial charge in [-0.15, -0.1) is 0 Å². The number of nitriles is 1. The molecule has 316 valence electrons. The van der Waals surface area contributed by atoms with Crippen LogP contribution in [0.3, 0.4) is 0 Å². The monoisotopic (exact) mass is 809 g/mol. The van der Waals surface area contributed by atoms with Gasteiger partial charge in [-0.1, -0.05) is 58.0 Å². The second kappa shape index (κ2) is 19.5. The maximum absolute atomic E-state index is 14.2. The van der Waals surface area contributed by atoms with E-state index in [4.69, 9.17) is 39.6 Å². The predicted octanol–water partition coefficient (Wildman–Crippen LogP) is 4.15. The number of esters is 3. The molecule has 2 aromatic rings. The molecule has 1 saturated heterocycles. The van der Waals surface area contributed by atoms with Crippen molar-refractivity contribution < 1.29 is 52.4 Å². The molecule has 0 unspecified atom stereocenters. The van der Waals surface area contributed by atoms with Crippen molar-refractivity contribution in [2.45, 2.75) is 123 Å². The van der Waals surface area contributed by atoms with Crippen LogP contribution in [0.4, 0.5) is 9.59 Å². The number of benzene rings is 1. The van der Waals surface area contributed by atoms with Crippen LogP contribution in [0.5, 0.6) is 0 Å². The van der Waals surface area contributed by atoms with Gasteiger partial charge in [0.15, 0.2) is 12.2 Å². The fraction of sp³-hybridized carbons (Fsp3) is 0.550. The number of nitrogens with zero attached hydrogens (tertiary/aromatic N) is 2. The highest BCUT2D eigenvalue weighted by Crippen LogP contribution is 2.43. The summed E-state index contributed by atoms with van der Waals surface area (Å²) in [6, 6.07) is 11.0. The average Bonchev–Trinajstić information content (AvgIpc) is 3.72. The summed E-state index contributed by atoms with van der Waals surface area (Å²) in [5, 5.41) is 23.3. The van der Waals surface area contributed by atoms with Crippen molar-refractivity contribution in [2.75, 3.05) is 6.61 Å². The van der Waals surface area contributed by atoms with Gasteiger partial charge in [-0.2, -0.15) is 5.26 Å². The zero-order valence-electron chi connectivity index (χ0n) is 34.5. The Morgan fingerprint density at radius 3 is 1.93 bits per heavy atom. The number of ether oxygens (including phenoxy) is 6. The molecule has 58 heavy (non-hydrogen) atoms. The summed E-state index contributed by atoms with van der Waals surface area (Å²) in [5.74, 6) is -4.06. The van der Waals surface area contributed by atoms with E-state index in [-0.39, 0.29) is 23.6 Å². The van der Waals surface area contributed by atoms with Gasteiger partial charge >= 0.3 is 30.1 Å². The van der Waals surface area contributed by atoms with Crippen molar-refractivity contribution in [3.05, 3.63) is 59.4 Å². The van der Waals surface area contributed by atoms with E-state index in [0.717, 1.165) is 0 Å². The Kier molecular flexibility index (Phi) is 15.6. The number of carbonyl (C=O) groups is 5. The first-order chi connectivity index (χ1) is 27.0. The van der Waals surface area contributed by atoms with E-state index in [1.165, 1.54) is 12.1 Å². The van der Waals surface area contributed by atoms with Crippen LogP contribution in [-0.2, 0) is 54.8 Å². The molecule has 1 aliphatic rings. The van der Waals surface area contributed by atoms with Gasteiger partial charge in [-0.25, -0.2) is 24.2 Å². The number of nitrogens with two attached hydrogens (primary N) is 1. The van der Waals surface area contributed by atoms with Gasteiger partial charge in [0.25, 0.3) is 0 Å². The molecule has 0 saturated carbocycles. The minimum atomic E-state index is -2.32. The normalized spacial score (nSPS) is 20.6. The third-order valence-electron chi connectivity index (χ3n) is 8.42. The molecule has 2 heterocycles. The van der Waals surface area contributed by atoms with Crippen LogP contribution in [0.25, 0.3) is 0 Å². The second-order valence-corrected chi connectivity index (χ2v) is 16.3. The first-order valence-corrected chi connectivity index (χ1v) is 18.7. The number of carbonyl (C=O) groups excluding carboxylic acids is 5. The van der Waals surface area contributed by atoms with E-state index < -0.39 is 95.7 Å². The molecule has 2 amide bonds. The quantitative estimate of drug-likeness (QED) is 0.0733. The minimum Gasteiger partial charge on any atom is -0.463 e. The smallest absolute Gasteiger partial charge is 0.408 e. The van der Waals surface area contributed by atoms with Gasteiger partial charge in [0.05, 0.1) is 17.8 Å². The zero-order valence-corrected chi connectivity index (χ0v) is 34.5. The SMILES string of the molecule is CC(C)[C@H](NC(=O)OC(C)(C)C)C(=O)O[C@H]1[C@@H](OC(=O)[C@@H](NC(=O)OC(C)(C)C)C(C)C)[C@](C#N)(c2ccc(C(N)=NC=N)[nH]2)O[C@@H]1COC(=O)Cc1ccccc1. The van der Waals surface area contributed by atoms with Crippen LogP contribution >= 0.6 is 0 Å². The maximum Gasteiger partial charge on any atom is 0.408 e. The van der Waals surface area contributed by atoms with E-state index in [2.05, 4.69) is 26.7 Å². The highest BCUT2D eigenvalue weighted by atomic mass is 16.7. The number of amidine groups is 1.